The van der Waals surface area contributed by atoms with Crippen LogP contribution in [0.5, 0.6) is 0 Å². The van der Waals surface area contributed by atoms with Crippen LogP contribution in [-0.4, -0.2) is 30.1 Å². The first-order valence-corrected chi connectivity index (χ1v) is 5.66. The van der Waals surface area contributed by atoms with E-state index in [9.17, 15) is 9.18 Å². The third-order valence-electron chi connectivity index (χ3n) is 2.71. The van der Waals surface area contributed by atoms with Crippen LogP contribution >= 0.6 is 0 Å². The van der Waals surface area contributed by atoms with E-state index >= 15 is 0 Å². The molecule has 0 spiro atoms. The molecule has 0 N–H and O–H groups in total. The summed E-state index contributed by atoms with van der Waals surface area (Å²) in [6, 6.07) is 9.82. The average Bonchev–Trinajstić information content (AvgIpc) is 2.46. The highest BCUT2D eigenvalue weighted by Gasteiger charge is 2.11. The summed E-state index contributed by atoms with van der Waals surface area (Å²) in [6.45, 7) is 0. The molecule has 1 aromatic carbocycles. The minimum absolute atomic E-state index is 0.235. The van der Waals surface area contributed by atoms with Crippen molar-refractivity contribution in [3.05, 3.63) is 54.0 Å². The minimum Gasteiger partial charge on any atom is -0.274 e. The highest BCUT2D eigenvalue weighted by molar-refractivity contribution is 5.93. The molecular formula is C14H13FN2O2. The van der Waals surface area contributed by atoms with E-state index < -0.39 is 0 Å². The maximum Gasteiger partial charge on any atom is 0.277 e. The monoisotopic (exact) mass is 260 g/mol. The van der Waals surface area contributed by atoms with E-state index in [2.05, 4.69) is 4.98 Å². The van der Waals surface area contributed by atoms with Crippen molar-refractivity contribution in [1.82, 2.24) is 10.0 Å². The number of carbonyl (C=O) groups is 1. The molecule has 0 saturated carbocycles. The lowest BCUT2D eigenvalue weighted by atomic mass is 10.1. The van der Waals surface area contributed by atoms with Gasteiger partial charge >= 0.3 is 0 Å². The van der Waals surface area contributed by atoms with Crippen LogP contribution < -0.4 is 0 Å². The van der Waals surface area contributed by atoms with Gasteiger partial charge in [-0.25, -0.2) is 9.45 Å². The van der Waals surface area contributed by atoms with E-state index in [4.69, 9.17) is 4.84 Å². The van der Waals surface area contributed by atoms with Crippen LogP contribution in [0.25, 0.3) is 11.3 Å². The molecule has 19 heavy (non-hydrogen) atoms. The molecule has 0 bridgehead atoms. The van der Waals surface area contributed by atoms with Crippen molar-refractivity contribution in [2.24, 2.45) is 0 Å². The quantitative estimate of drug-likeness (QED) is 0.796. The van der Waals surface area contributed by atoms with Gasteiger partial charge < -0.3 is 0 Å². The first-order valence-electron chi connectivity index (χ1n) is 5.66. The van der Waals surface area contributed by atoms with Crippen molar-refractivity contribution in [2.75, 3.05) is 14.2 Å². The highest BCUT2D eigenvalue weighted by atomic mass is 19.1. The molecule has 1 heterocycles. The highest BCUT2D eigenvalue weighted by Crippen LogP contribution is 2.18. The molecule has 0 aliphatic rings. The van der Waals surface area contributed by atoms with E-state index in [1.54, 1.807) is 30.3 Å². The lowest BCUT2D eigenvalue weighted by Gasteiger charge is -2.13. The fourth-order valence-electron chi connectivity index (χ4n) is 1.59. The Labute approximate surface area is 110 Å². The molecular weight excluding hydrogens is 247 g/mol. The van der Waals surface area contributed by atoms with Crippen molar-refractivity contribution in [2.45, 2.75) is 0 Å². The topological polar surface area (TPSA) is 42.4 Å². The van der Waals surface area contributed by atoms with Crippen molar-refractivity contribution >= 4 is 5.91 Å². The molecule has 0 radical (unpaired) electrons. The zero-order chi connectivity index (χ0) is 13.8. The summed E-state index contributed by atoms with van der Waals surface area (Å²) in [5.41, 5.74) is 1.98. The number of halogens is 1. The van der Waals surface area contributed by atoms with Gasteiger partial charge in [0.25, 0.3) is 5.91 Å². The summed E-state index contributed by atoms with van der Waals surface area (Å²) in [4.78, 5) is 20.6. The predicted molar refractivity (Wildman–Crippen MR) is 68.7 cm³/mol. The lowest BCUT2D eigenvalue weighted by molar-refractivity contribution is -0.0756. The van der Waals surface area contributed by atoms with Crippen LogP contribution in [-0.2, 0) is 4.84 Å². The number of hydroxylamine groups is 2. The molecule has 2 aromatic rings. The summed E-state index contributed by atoms with van der Waals surface area (Å²) in [6.07, 6.45) is 1.16. The molecule has 0 fully saturated rings. The summed E-state index contributed by atoms with van der Waals surface area (Å²) >= 11 is 0. The first kappa shape index (κ1) is 13.2. The van der Waals surface area contributed by atoms with E-state index in [-0.39, 0.29) is 11.7 Å². The van der Waals surface area contributed by atoms with E-state index in [0.717, 1.165) is 16.8 Å². The van der Waals surface area contributed by atoms with Gasteiger partial charge in [0, 0.05) is 18.2 Å². The second-order valence-corrected chi connectivity index (χ2v) is 3.92. The molecule has 0 atom stereocenters. The van der Waals surface area contributed by atoms with Gasteiger partial charge in [0.1, 0.15) is 5.82 Å². The van der Waals surface area contributed by atoms with Gasteiger partial charge in [-0.1, -0.05) is 12.1 Å². The van der Waals surface area contributed by atoms with Crippen molar-refractivity contribution in [3.8, 4) is 11.3 Å². The van der Waals surface area contributed by atoms with Gasteiger partial charge in [-0.05, 0) is 24.3 Å². The molecule has 98 valence electrons. The zero-order valence-electron chi connectivity index (χ0n) is 10.6. The minimum atomic E-state index is -0.378. The number of hydrogen-bond acceptors (Lipinski definition) is 3. The third kappa shape index (κ3) is 2.95. The Balaban J connectivity index is 2.23. The largest absolute Gasteiger partial charge is 0.277 e. The van der Waals surface area contributed by atoms with Crippen molar-refractivity contribution in [1.29, 1.82) is 0 Å². The van der Waals surface area contributed by atoms with E-state index in [1.165, 1.54) is 20.2 Å². The molecule has 0 aliphatic heterocycles. The standard InChI is InChI=1S/C14H13FN2O2/c1-17(19-2)14(18)11-5-3-10(4-6-11)13-8-7-12(15)9-16-13/h3-9H,1-2H3. The van der Waals surface area contributed by atoms with Crippen LogP contribution in [0.4, 0.5) is 4.39 Å². The van der Waals surface area contributed by atoms with Crippen LogP contribution in [0.3, 0.4) is 0 Å². The molecule has 4 nitrogen and oxygen atoms in total. The Morgan fingerprint density at radius 2 is 1.89 bits per heavy atom. The second kappa shape index (κ2) is 5.58. The number of nitrogens with zero attached hydrogens (tertiary/aromatic N) is 2. The summed E-state index contributed by atoms with van der Waals surface area (Å²) < 4.78 is 12.8. The normalized spacial score (nSPS) is 10.3. The SMILES string of the molecule is CON(C)C(=O)c1ccc(-c2ccc(F)cn2)cc1. The Morgan fingerprint density at radius 1 is 1.21 bits per heavy atom. The number of amides is 1. The number of aromatic nitrogens is 1. The van der Waals surface area contributed by atoms with E-state index in [0.29, 0.717) is 11.3 Å². The fraction of sp³-hybridized carbons (Fsp3) is 0.143. The maximum absolute atomic E-state index is 12.8. The number of pyridine rings is 1. The second-order valence-electron chi connectivity index (χ2n) is 3.92. The van der Waals surface area contributed by atoms with Crippen molar-refractivity contribution in [3.63, 3.8) is 0 Å². The Kier molecular flexibility index (Phi) is 3.87. The summed E-state index contributed by atoms with van der Waals surface area (Å²) in [5, 5.41) is 1.14. The molecule has 0 unspecified atom stereocenters. The average molecular weight is 260 g/mol. The van der Waals surface area contributed by atoms with Crippen LogP contribution in [0, 0.1) is 5.82 Å². The number of benzene rings is 1. The summed E-state index contributed by atoms with van der Waals surface area (Å²) in [7, 11) is 2.96. The molecule has 5 heteroatoms. The van der Waals surface area contributed by atoms with Gasteiger partial charge in [-0.3, -0.25) is 14.6 Å². The first-order chi connectivity index (χ1) is 9.11. The Bertz CT molecular complexity index is 567. The van der Waals surface area contributed by atoms with E-state index in [1.807, 2.05) is 0 Å². The predicted octanol–water partition coefficient (Wildman–Crippen LogP) is 2.52. The van der Waals surface area contributed by atoms with Crippen LogP contribution in [0.15, 0.2) is 42.6 Å². The number of carbonyl (C=O) groups excluding carboxylic acids is 1. The van der Waals surface area contributed by atoms with Gasteiger partial charge in [0.05, 0.1) is 19.0 Å². The smallest absolute Gasteiger partial charge is 0.274 e. The van der Waals surface area contributed by atoms with Crippen LogP contribution in [0.1, 0.15) is 10.4 Å². The van der Waals surface area contributed by atoms with Crippen LogP contribution in [0.2, 0.25) is 0 Å². The van der Waals surface area contributed by atoms with Gasteiger partial charge in [0.15, 0.2) is 0 Å². The van der Waals surface area contributed by atoms with Gasteiger partial charge in [-0.2, -0.15) is 0 Å². The fourth-order valence-corrected chi connectivity index (χ4v) is 1.59. The third-order valence-corrected chi connectivity index (χ3v) is 2.71. The number of rotatable bonds is 3. The Hall–Kier alpha value is -2.27. The Morgan fingerprint density at radius 3 is 2.42 bits per heavy atom. The molecule has 0 saturated heterocycles. The van der Waals surface area contributed by atoms with Crippen molar-refractivity contribution < 1.29 is 14.0 Å². The molecule has 2 rings (SSSR count). The molecule has 0 aliphatic carbocycles. The number of hydrogen-bond donors (Lipinski definition) is 0. The molecule has 1 amide bonds. The molecule has 1 aromatic heterocycles. The maximum atomic E-state index is 12.8. The van der Waals surface area contributed by atoms with Gasteiger partial charge in [-0.15, -0.1) is 0 Å². The zero-order valence-corrected chi connectivity index (χ0v) is 10.6. The summed E-state index contributed by atoms with van der Waals surface area (Å²) in [5.74, 6) is -0.613. The van der Waals surface area contributed by atoms with Gasteiger partial charge in [0.2, 0.25) is 0 Å². The lowest BCUT2D eigenvalue weighted by Crippen LogP contribution is -2.25.